The first kappa shape index (κ1) is 13.5. The highest BCUT2D eigenvalue weighted by molar-refractivity contribution is 9.10. The van der Waals surface area contributed by atoms with Crippen molar-refractivity contribution in [1.29, 1.82) is 0 Å². The molecule has 0 saturated heterocycles. The maximum absolute atomic E-state index is 10.7. The zero-order valence-corrected chi connectivity index (χ0v) is 11.7. The van der Waals surface area contributed by atoms with Gasteiger partial charge in [0.15, 0.2) is 0 Å². The minimum Gasteiger partial charge on any atom is -0.492 e. The van der Waals surface area contributed by atoms with Crippen LogP contribution in [-0.4, -0.2) is 12.4 Å². The van der Waals surface area contributed by atoms with E-state index < -0.39 is 0 Å². The summed E-state index contributed by atoms with van der Waals surface area (Å²) in [5, 5.41) is 0.592. The molecule has 0 bridgehead atoms. The van der Waals surface area contributed by atoms with Gasteiger partial charge in [-0.15, -0.1) is 0 Å². The first-order valence-corrected chi connectivity index (χ1v) is 6.25. The lowest BCUT2D eigenvalue weighted by Crippen LogP contribution is -2.02. The average Bonchev–Trinajstić information content (AvgIpc) is 2.14. The predicted molar refractivity (Wildman–Crippen MR) is 69.3 cm³/mol. The van der Waals surface area contributed by atoms with Gasteiger partial charge in [-0.1, -0.05) is 27.5 Å². The summed E-state index contributed by atoms with van der Waals surface area (Å²) in [6.45, 7) is 4.04. The Kier molecular flexibility index (Phi) is 5.29. The Morgan fingerprint density at radius 2 is 2.19 bits per heavy atom. The highest BCUT2D eigenvalue weighted by Gasteiger charge is 2.07. The quantitative estimate of drug-likeness (QED) is 0.764. The molecule has 0 aromatic heterocycles. The molecule has 0 radical (unpaired) electrons. The van der Waals surface area contributed by atoms with Gasteiger partial charge in [-0.3, -0.25) is 0 Å². The molecular formula is C12H14BrClO2. The van der Waals surface area contributed by atoms with Crippen molar-refractivity contribution in [1.82, 2.24) is 0 Å². The molecular weight excluding hydrogens is 291 g/mol. The summed E-state index contributed by atoms with van der Waals surface area (Å²) in [6.07, 6.45) is 1.27. The van der Waals surface area contributed by atoms with Crippen molar-refractivity contribution in [3.8, 4) is 5.75 Å². The van der Waals surface area contributed by atoms with Crippen molar-refractivity contribution < 1.29 is 9.53 Å². The van der Waals surface area contributed by atoms with Crippen LogP contribution in [0.25, 0.3) is 0 Å². The molecule has 0 aliphatic rings. The van der Waals surface area contributed by atoms with Crippen LogP contribution in [0.5, 0.6) is 5.75 Å². The topological polar surface area (TPSA) is 26.3 Å². The van der Waals surface area contributed by atoms with Crippen LogP contribution >= 0.6 is 27.5 Å². The second-order valence-electron chi connectivity index (χ2n) is 3.69. The van der Waals surface area contributed by atoms with Crippen LogP contribution in [0.15, 0.2) is 16.6 Å². The largest absolute Gasteiger partial charge is 0.492 e. The molecule has 0 atom stereocenters. The Morgan fingerprint density at radius 1 is 1.50 bits per heavy atom. The summed E-state index contributed by atoms with van der Waals surface area (Å²) < 4.78 is 6.50. The van der Waals surface area contributed by atoms with Crippen molar-refractivity contribution in [2.45, 2.75) is 26.7 Å². The number of Topliss-reactive ketones (excluding diaryl/α,β-unsaturated/α-hetero) is 1. The summed E-state index contributed by atoms with van der Waals surface area (Å²) >= 11 is 9.42. The first-order valence-electron chi connectivity index (χ1n) is 5.08. The number of rotatable bonds is 5. The molecule has 0 spiro atoms. The van der Waals surface area contributed by atoms with E-state index in [4.69, 9.17) is 16.3 Å². The summed E-state index contributed by atoms with van der Waals surface area (Å²) in [7, 11) is 0. The van der Waals surface area contributed by atoms with Gasteiger partial charge in [-0.2, -0.15) is 0 Å². The molecule has 0 aliphatic heterocycles. The minimum atomic E-state index is 0.183. The van der Waals surface area contributed by atoms with Crippen LogP contribution in [0.2, 0.25) is 5.02 Å². The number of benzene rings is 1. The molecule has 0 aliphatic carbocycles. The monoisotopic (exact) mass is 304 g/mol. The van der Waals surface area contributed by atoms with Crippen LogP contribution in [-0.2, 0) is 4.79 Å². The highest BCUT2D eigenvalue weighted by Crippen LogP contribution is 2.32. The summed E-state index contributed by atoms with van der Waals surface area (Å²) in [6, 6.07) is 3.75. The molecule has 4 heteroatoms. The Hall–Kier alpha value is -0.540. The van der Waals surface area contributed by atoms with E-state index in [1.54, 1.807) is 13.0 Å². The fraction of sp³-hybridized carbons (Fsp3) is 0.417. The van der Waals surface area contributed by atoms with E-state index >= 15 is 0 Å². The van der Waals surface area contributed by atoms with Crippen molar-refractivity contribution in [2.75, 3.05) is 6.61 Å². The number of carbonyl (C=O) groups is 1. The Balaban J connectivity index is 2.57. The second kappa shape index (κ2) is 6.26. The number of hydrogen-bond acceptors (Lipinski definition) is 2. The molecule has 16 heavy (non-hydrogen) atoms. The first-order chi connectivity index (χ1) is 7.50. The minimum absolute atomic E-state index is 0.183. The number of aryl methyl sites for hydroxylation is 1. The van der Waals surface area contributed by atoms with E-state index in [0.29, 0.717) is 23.8 Å². The molecule has 0 amide bonds. The van der Waals surface area contributed by atoms with Gasteiger partial charge in [0, 0.05) is 10.9 Å². The molecule has 1 aromatic rings. The van der Waals surface area contributed by atoms with E-state index in [9.17, 15) is 4.79 Å². The van der Waals surface area contributed by atoms with Gasteiger partial charge >= 0.3 is 0 Å². The normalized spacial score (nSPS) is 10.2. The van der Waals surface area contributed by atoms with E-state index in [1.807, 2.05) is 13.0 Å². The lowest BCUT2D eigenvalue weighted by atomic mass is 10.2. The van der Waals surface area contributed by atoms with Gasteiger partial charge in [-0.25, -0.2) is 0 Å². The maximum atomic E-state index is 10.7. The van der Waals surface area contributed by atoms with Gasteiger partial charge in [0.05, 0.1) is 11.6 Å². The third-order valence-electron chi connectivity index (χ3n) is 2.11. The van der Waals surface area contributed by atoms with E-state index in [-0.39, 0.29) is 5.78 Å². The van der Waals surface area contributed by atoms with Crippen molar-refractivity contribution in [3.63, 3.8) is 0 Å². The van der Waals surface area contributed by atoms with Crippen LogP contribution in [0.4, 0.5) is 0 Å². The smallest absolute Gasteiger partial charge is 0.140 e. The number of carbonyl (C=O) groups excluding carboxylic acids is 1. The molecule has 2 nitrogen and oxygen atoms in total. The van der Waals surface area contributed by atoms with Gasteiger partial charge in [-0.05, 0) is 38.0 Å². The number of ether oxygens (including phenoxy) is 1. The summed E-state index contributed by atoms with van der Waals surface area (Å²) in [5.74, 6) is 0.885. The summed E-state index contributed by atoms with van der Waals surface area (Å²) in [5.41, 5.74) is 0.988. The molecule has 88 valence electrons. The Morgan fingerprint density at radius 3 is 2.75 bits per heavy atom. The van der Waals surface area contributed by atoms with Crippen LogP contribution in [0.1, 0.15) is 25.3 Å². The van der Waals surface area contributed by atoms with E-state index in [1.165, 1.54) is 0 Å². The van der Waals surface area contributed by atoms with Crippen molar-refractivity contribution in [2.24, 2.45) is 0 Å². The molecule has 0 heterocycles. The molecule has 0 N–H and O–H groups in total. The van der Waals surface area contributed by atoms with Gasteiger partial charge < -0.3 is 9.53 Å². The van der Waals surface area contributed by atoms with Crippen molar-refractivity contribution >= 4 is 33.3 Å². The zero-order valence-electron chi connectivity index (χ0n) is 9.35. The number of hydrogen-bond donors (Lipinski definition) is 0. The standard InChI is InChI=1S/C12H14BrClO2/c1-8-6-10(13)7-11(14)12(8)16-5-3-4-9(2)15/h6-7H,3-5H2,1-2H3. The summed E-state index contributed by atoms with van der Waals surface area (Å²) in [4.78, 5) is 10.7. The third-order valence-corrected chi connectivity index (χ3v) is 2.85. The zero-order chi connectivity index (χ0) is 12.1. The predicted octanol–water partition coefficient (Wildman–Crippen LogP) is 4.16. The molecule has 1 aromatic carbocycles. The Bertz CT molecular complexity index is 368. The fourth-order valence-electron chi connectivity index (χ4n) is 1.37. The maximum Gasteiger partial charge on any atom is 0.140 e. The average molecular weight is 306 g/mol. The van der Waals surface area contributed by atoms with Gasteiger partial charge in [0.25, 0.3) is 0 Å². The fourth-order valence-corrected chi connectivity index (χ4v) is 2.39. The van der Waals surface area contributed by atoms with Crippen molar-refractivity contribution in [3.05, 3.63) is 27.2 Å². The van der Waals surface area contributed by atoms with E-state index in [2.05, 4.69) is 15.9 Å². The van der Waals surface area contributed by atoms with Gasteiger partial charge in [0.2, 0.25) is 0 Å². The van der Waals surface area contributed by atoms with E-state index in [0.717, 1.165) is 16.5 Å². The Labute approximate surface area is 109 Å². The van der Waals surface area contributed by atoms with Crippen LogP contribution in [0, 0.1) is 6.92 Å². The number of halogens is 2. The van der Waals surface area contributed by atoms with Gasteiger partial charge in [0.1, 0.15) is 11.5 Å². The lowest BCUT2D eigenvalue weighted by molar-refractivity contribution is -0.117. The third kappa shape index (κ3) is 4.14. The van der Waals surface area contributed by atoms with Crippen LogP contribution < -0.4 is 4.74 Å². The lowest BCUT2D eigenvalue weighted by Gasteiger charge is -2.11. The molecule has 0 unspecified atom stereocenters. The molecule has 1 rings (SSSR count). The highest BCUT2D eigenvalue weighted by atomic mass is 79.9. The SMILES string of the molecule is CC(=O)CCCOc1c(C)cc(Br)cc1Cl. The molecule has 0 saturated carbocycles. The number of ketones is 1. The molecule has 0 fully saturated rings. The second-order valence-corrected chi connectivity index (χ2v) is 5.01. The van der Waals surface area contributed by atoms with Crippen LogP contribution in [0.3, 0.4) is 0 Å².